The van der Waals surface area contributed by atoms with E-state index in [1.165, 1.54) is 5.01 Å². The van der Waals surface area contributed by atoms with Crippen LogP contribution in [0.1, 0.15) is 33.3 Å². The molecule has 1 aromatic heterocycles. The number of carbonyl (C=O) groups is 1. The highest BCUT2D eigenvalue weighted by atomic mass is 16.5. The van der Waals surface area contributed by atoms with E-state index in [9.17, 15) is 9.90 Å². The second-order valence-corrected chi connectivity index (χ2v) is 8.64. The second-order valence-electron chi connectivity index (χ2n) is 8.64. The summed E-state index contributed by atoms with van der Waals surface area (Å²) in [5.74, 6) is 6.54. The number of aliphatic carboxylic acids is 1. The Morgan fingerprint density at radius 1 is 1.27 bits per heavy atom. The lowest BCUT2D eigenvalue weighted by molar-refractivity contribution is -0.146. The standard InChI is InChI=1S/C24H29N5O4/c1-6-15-11-16(7-9-19(15)29(26)13-24(4,5)23(30)31)21-27-22(33-28-21)17-8-10-20(18(25)12-17)32-14(2)3/h6-12,14H,1,13,25-26H2,2-5H3,(H,30,31). The van der Waals surface area contributed by atoms with E-state index in [1.54, 1.807) is 50.3 Å². The quantitative estimate of drug-likeness (QED) is 0.248. The van der Waals surface area contributed by atoms with Gasteiger partial charge in [0.25, 0.3) is 5.89 Å². The number of aromatic nitrogens is 2. The third-order valence-electron chi connectivity index (χ3n) is 5.01. The number of nitrogens with two attached hydrogens (primary N) is 2. The predicted molar refractivity (Wildman–Crippen MR) is 128 cm³/mol. The number of carboxylic acid groups (broad SMARTS) is 1. The van der Waals surface area contributed by atoms with Crippen LogP contribution in [0.5, 0.6) is 5.75 Å². The first-order valence-electron chi connectivity index (χ1n) is 10.4. The van der Waals surface area contributed by atoms with Gasteiger partial charge in [-0.3, -0.25) is 4.79 Å². The molecule has 0 aliphatic carbocycles. The fourth-order valence-corrected chi connectivity index (χ4v) is 3.20. The molecule has 0 fully saturated rings. The molecule has 1 heterocycles. The van der Waals surface area contributed by atoms with Crippen LogP contribution in [-0.2, 0) is 4.79 Å². The Kier molecular flexibility index (Phi) is 6.73. The van der Waals surface area contributed by atoms with Gasteiger partial charge < -0.3 is 25.1 Å². The fraction of sp³-hybridized carbons (Fsp3) is 0.292. The molecule has 0 saturated heterocycles. The second kappa shape index (κ2) is 9.33. The van der Waals surface area contributed by atoms with E-state index in [0.29, 0.717) is 45.5 Å². The van der Waals surface area contributed by atoms with Gasteiger partial charge in [0.15, 0.2) is 0 Å². The maximum atomic E-state index is 11.4. The minimum Gasteiger partial charge on any atom is -0.489 e. The Hall–Kier alpha value is -3.85. The predicted octanol–water partition coefficient (Wildman–Crippen LogP) is 4.21. The van der Waals surface area contributed by atoms with Gasteiger partial charge in [-0.1, -0.05) is 17.8 Å². The first-order chi connectivity index (χ1) is 15.5. The van der Waals surface area contributed by atoms with Crippen molar-refractivity contribution in [2.75, 3.05) is 17.3 Å². The summed E-state index contributed by atoms with van der Waals surface area (Å²) in [5.41, 5.74) is 8.27. The molecule has 0 radical (unpaired) electrons. The topological polar surface area (TPSA) is 141 Å². The van der Waals surface area contributed by atoms with Crippen LogP contribution >= 0.6 is 0 Å². The lowest BCUT2D eigenvalue weighted by Gasteiger charge is -2.28. The molecule has 0 spiro atoms. The molecule has 0 unspecified atom stereocenters. The van der Waals surface area contributed by atoms with Crippen molar-refractivity contribution < 1.29 is 19.2 Å². The summed E-state index contributed by atoms with van der Waals surface area (Å²) in [6.07, 6.45) is 1.65. The maximum absolute atomic E-state index is 11.4. The maximum Gasteiger partial charge on any atom is 0.310 e. The number of nitrogens with zero attached hydrogens (tertiary/aromatic N) is 3. The van der Waals surface area contributed by atoms with Crippen molar-refractivity contribution in [1.29, 1.82) is 0 Å². The average Bonchev–Trinajstić information content (AvgIpc) is 3.24. The van der Waals surface area contributed by atoms with E-state index >= 15 is 0 Å². The van der Waals surface area contributed by atoms with Gasteiger partial charge in [-0.25, -0.2) is 5.84 Å². The van der Waals surface area contributed by atoms with E-state index in [4.69, 9.17) is 20.8 Å². The third-order valence-corrected chi connectivity index (χ3v) is 5.01. The first-order valence-corrected chi connectivity index (χ1v) is 10.4. The van der Waals surface area contributed by atoms with E-state index in [1.807, 2.05) is 19.9 Å². The van der Waals surface area contributed by atoms with Crippen LogP contribution in [0.3, 0.4) is 0 Å². The largest absolute Gasteiger partial charge is 0.489 e. The molecule has 0 saturated carbocycles. The molecule has 0 bridgehead atoms. The molecule has 174 valence electrons. The molecule has 3 rings (SSSR count). The van der Waals surface area contributed by atoms with Crippen LogP contribution < -0.4 is 21.3 Å². The zero-order valence-electron chi connectivity index (χ0n) is 19.2. The number of anilines is 2. The molecule has 0 atom stereocenters. The average molecular weight is 452 g/mol. The summed E-state index contributed by atoms with van der Waals surface area (Å²) in [6, 6.07) is 10.7. The van der Waals surface area contributed by atoms with Crippen molar-refractivity contribution in [2.45, 2.75) is 33.8 Å². The molecule has 5 N–H and O–H groups in total. The van der Waals surface area contributed by atoms with Crippen molar-refractivity contribution >= 4 is 23.4 Å². The molecule has 9 heteroatoms. The highest BCUT2D eigenvalue weighted by Crippen LogP contribution is 2.31. The van der Waals surface area contributed by atoms with Crippen molar-refractivity contribution in [3.8, 4) is 28.6 Å². The number of hydrazine groups is 1. The molecular weight excluding hydrogens is 422 g/mol. The smallest absolute Gasteiger partial charge is 0.310 e. The Morgan fingerprint density at radius 2 is 1.97 bits per heavy atom. The molecule has 0 aliphatic heterocycles. The van der Waals surface area contributed by atoms with Gasteiger partial charge >= 0.3 is 5.97 Å². The van der Waals surface area contributed by atoms with E-state index in [2.05, 4.69) is 16.7 Å². The van der Waals surface area contributed by atoms with Crippen molar-refractivity contribution in [3.63, 3.8) is 0 Å². The number of carboxylic acids is 1. The van der Waals surface area contributed by atoms with Crippen molar-refractivity contribution in [3.05, 3.63) is 48.5 Å². The lowest BCUT2D eigenvalue weighted by atomic mass is 9.93. The van der Waals surface area contributed by atoms with E-state index in [0.717, 1.165) is 0 Å². The van der Waals surface area contributed by atoms with Gasteiger partial charge in [0.2, 0.25) is 5.82 Å². The summed E-state index contributed by atoms with van der Waals surface area (Å²) in [6.45, 7) is 11.1. The molecule has 9 nitrogen and oxygen atoms in total. The van der Waals surface area contributed by atoms with E-state index < -0.39 is 11.4 Å². The van der Waals surface area contributed by atoms with Crippen molar-refractivity contribution in [1.82, 2.24) is 10.1 Å². The Bertz CT molecular complexity index is 1170. The zero-order valence-corrected chi connectivity index (χ0v) is 19.2. The molecule has 33 heavy (non-hydrogen) atoms. The van der Waals surface area contributed by atoms with E-state index in [-0.39, 0.29) is 12.6 Å². The number of benzene rings is 2. The Labute approximate surface area is 192 Å². The summed E-state index contributed by atoms with van der Waals surface area (Å²) >= 11 is 0. The molecule has 0 aliphatic rings. The van der Waals surface area contributed by atoms with Gasteiger partial charge in [0.05, 0.1) is 22.9 Å². The molecule has 2 aromatic carbocycles. The van der Waals surface area contributed by atoms with Crippen LogP contribution in [0.15, 0.2) is 47.5 Å². The minimum absolute atomic E-state index is 0.00910. The number of ether oxygens (including phenoxy) is 1. The Balaban J connectivity index is 1.86. The summed E-state index contributed by atoms with van der Waals surface area (Å²) < 4.78 is 11.1. The van der Waals surface area contributed by atoms with Gasteiger partial charge in [-0.05, 0) is 69.7 Å². The van der Waals surface area contributed by atoms with Gasteiger partial charge in [0, 0.05) is 17.7 Å². The number of hydrogen-bond acceptors (Lipinski definition) is 8. The minimum atomic E-state index is -1.02. The highest BCUT2D eigenvalue weighted by Gasteiger charge is 2.29. The number of nitrogen functional groups attached to an aromatic ring is 1. The van der Waals surface area contributed by atoms with Gasteiger partial charge in [-0.2, -0.15) is 4.98 Å². The zero-order chi connectivity index (χ0) is 24.3. The highest BCUT2D eigenvalue weighted by molar-refractivity contribution is 5.77. The van der Waals surface area contributed by atoms with Crippen LogP contribution in [-0.4, -0.2) is 33.9 Å². The monoisotopic (exact) mass is 451 g/mol. The Morgan fingerprint density at radius 3 is 2.58 bits per heavy atom. The van der Waals surface area contributed by atoms with Gasteiger partial charge in [-0.15, -0.1) is 0 Å². The van der Waals surface area contributed by atoms with Gasteiger partial charge in [0.1, 0.15) is 5.75 Å². The third kappa shape index (κ3) is 5.32. The SMILES string of the molecule is C=Cc1cc(-c2noc(-c3ccc(OC(C)C)c(N)c3)n2)ccc1N(N)CC(C)(C)C(=O)O. The van der Waals surface area contributed by atoms with Crippen LogP contribution in [0, 0.1) is 5.41 Å². The molecule has 0 amide bonds. The van der Waals surface area contributed by atoms with Crippen LogP contribution in [0.25, 0.3) is 28.9 Å². The summed E-state index contributed by atoms with van der Waals surface area (Å²) in [5, 5.41) is 14.9. The number of hydrogen-bond donors (Lipinski definition) is 3. The summed E-state index contributed by atoms with van der Waals surface area (Å²) in [4.78, 5) is 15.9. The first kappa shape index (κ1) is 23.8. The fourth-order valence-electron chi connectivity index (χ4n) is 3.20. The summed E-state index contributed by atoms with van der Waals surface area (Å²) in [7, 11) is 0. The van der Waals surface area contributed by atoms with Crippen LogP contribution in [0.4, 0.5) is 11.4 Å². The number of rotatable bonds is 9. The molecule has 3 aromatic rings. The van der Waals surface area contributed by atoms with Crippen molar-refractivity contribution in [2.24, 2.45) is 11.3 Å². The lowest BCUT2D eigenvalue weighted by Crippen LogP contribution is -2.43. The molecular formula is C24H29N5O4. The van der Waals surface area contributed by atoms with Crippen LogP contribution in [0.2, 0.25) is 0 Å². The normalized spacial score (nSPS) is 11.5.